The van der Waals surface area contributed by atoms with Crippen molar-refractivity contribution in [1.29, 1.82) is 0 Å². The van der Waals surface area contributed by atoms with Gasteiger partial charge in [-0.25, -0.2) is 0 Å². The Hall–Kier alpha value is -1.79. The average Bonchev–Trinajstić information content (AvgIpc) is 3.06. The molecule has 3 aromatic heterocycles. The first kappa shape index (κ1) is 12.3. The molecular weight excluding hydrogens is 260 g/mol. The first-order chi connectivity index (χ1) is 9.10. The SMILES string of the molecule is CCC(C)(N)c1nc(-c2cnc3ccsc3c2)no1. The summed E-state index contributed by atoms with van der Waals surface area (Å²) in [5.41, 5.74) is 7.33. The van der Waals surface area contributed by atoms with E-state index >= 15 is 0 Å². The number of nitrogens with zero attached hydrogens (tertiary/aromatic N) is 3. The van der Waals surface area contributed by atoms with Gasteiger partial charge < -0.3 is 10.3 Å². The van der Waals surface area contributed by atoms with Gasteiger partial charge in [-0.15, -0.1) is 11.3 Å². The van der Waals surface area contributed by atoms with Gasteiger partial charge in [-0.3, -0.25) is 4.98 Å². The topological polar surface area (TPSA) is 77.8 Å². The molecule has 3 heterocycles. The summed E-state index contributed by atoms with van der Waals surface area (Å²) in [7, 11) is 0. The van der Waals surface area contributed by atoms with E-state index in [4.69, 9.17) is 10.3 Å². The minimum absolute atomic E-state index is 0.455. The minimum Gasteiger partial charge on any atom is -0.337 e. The molecule has 1 atom stereocenters. The zero-order valence-corrected chi connectivity index (χ0v) is 11.6. The third-order valence-corrected chi connectivity index (χ3v) is 4.06. The van der Waals surface area contributed by atoms with E-state index in [0.29, 0.717) is 11.7 Å². The summed E-state index contributed by atoms with van der Waals surface area (Å²) in [5.74, 6) is 0.985. The van der Waals surface area contributed by atoms with Gasteiger partial charge in [0.05, 0.1) is 15.8 Å². The van der Waals surface area contributed by atoms with Crippen molar-refractivity contribution >= 4 is 21.6 Å². The lowest BCUT2D eigenvalue weighted by atomic mass is 10.0. The molecule has 0 radical (unpaired) electrons. The number of aromatic nitrogens is 3. The molecule has 1 unspecified atom stereocenters. The molecule has 3 aromatic rings. The van der Waals surface area contributed by atoms with Gasteiger partial charge in [-0.2, -0.15) is 4.98 Å². The maximum atomic E-state index is 6.09. The summed E-state index contributed by atoms with van der Waals surface area (Å²) >= 11 is 1.64. The Kier molecular flexibility index (Phi) is 2.83. The molecule has 0 aliphatic heterocycles. The highest BCUT2D eigenvalue weighted by atomic mass is 32.1. The maximum Gasteiger partial charge on any atom is 0.246 e. The van der Waals surface area contributed by atoms with Crippen LogP contribution >= 0.6 is 11.3 Å². The second kappa shape index (κ2) is 4.40. The van der Waals surface area contributed by atoms with E-state index in [1.54, 1.807) is 17.5 Å². The Morgan fingerprint density at radius 3 is 3.11 bits per heavy atom. The Balaban J connectivity index is 2.02. The van der Waals surface area contributed by atoms with Gasteiger partial charge in [0.15, 0.2) is 0 Å². The molecule has 0 saturated heterocycles. The van der Waals surface area contributed by atoms with E-state index in [1.165, 1.54) is 0 Å². The van der Waals surface area contributed by atoms with E-state index in [-0.39, 0.29) is 0 Å². The number of hydrogen-bond acceptors (Lipinski definition) is 6. The summed E-state index contributed by atoms with van der Waals surface area (Å²) in [6, 6.07) is 4.00. The maximum absolute atomic E-state index is 6.09. The van der Waals surface area contributed by atoms with Crippen molar-refractivity contribution in [2.45, 2.75) is 25.8 Å². The zero-order valence-electron chi connectivity index (χ0n) is 10.8. The van der Waals surface area contributed by atoms with Gasteiger partial charge in [0.2, 0.25) is 11.7 Å². The van der Waals surface area contributed by atoms with E-state index in [9.17, 15) is 0 Å². The predicted molar refractivity (Wildman–Crippen MR) is 74.7 cm³/mol. The fourth-order valence-corrected chi connectivity index (χ4v) is 2.47. The first-order valence-electron chi connectivity index (χ1n) is 6.07. The second-order valence-electron chi connectivity index (χ2n) is 4.72. The van der Waals surface area contributed by atoms with Crippen LogP contribution in [0.4, 0.5) is 0 Å². The fourth-order valence-electron chi connectivity index (χ4n) is 1.69. The summed E-state index contributed by atoms with van der Waals surface area (Å²) in [6.07, 6.45) is 2.49. The van der Waals surface area contributed by atoms with Gasteiger partial charge >= 0.3 is 0 Å². The highest BCUT2D eigenvalue weighted by Crippen LogP contribution is 2.26. The van der Waals surface area contributed by atoms with Crippen molar-refractivity contribution in [3.05, 3.63) is 29.6 Å². The van der Waals surface area contributed by atoms with Crippen LogP contribution in [0.15, 0.2) is 28.2 Å². The van der Waals surface area contributed by atoms with E-state index < -0.39 is 5.54 Å². The highest BCUT2D eigenvalue weighted by molar-refractivity contribution is 7.17. The Morgan fingerprint density at radius 1 is 1.47 bits per heavy atom. The summed E-state index contributed by atoms with van der Waals surface area (Å²) < 4.78 is 6.36. The average molecular weight is 274 g/mol. The van der Waals surface area contributed by atoms with Crippen LogP contribution in [0, 0.1) is 0 Å². The lowest BCUT2D eigenvalue weighted by Gasteiger charge is -2.16. The molecule has 98 valence electrons. The van der Waals surface area contributed by atoms with Crippen LogP contribution in [0.25, 0.3) is 21.6 Å². The Labute approximate surface area is 114 Å². The number of pyridine rings is 1. The van der Waals surface area contributed by atoms with Gasteiger partial charge in [0.1, 0.15) is 0 Å². The fraction of sp³-hybridized carbons (Fsp3) is 0.308. The quantitative estimate of drug-likeness (QED) is 0.794. The van der Waals surface area contributed by atoms with Gasteiger partial charge in [0.25, 0.3) is 0 Å². The van der Waals surface area contributed by atoms with Gasteiger partial charge in [0, 0.05) is 11.8 Å². The van der Waals surface area contributed by atoms with Crippen LogP contribution in [0.1, 0.15) is 26.2 Å². The molecule has 0 amide bonds. The number of hydrogen-bond donors (Lipinski definition) is 1. The van der Waals surface area contributed by atoms with Crippen LogP contribution in [-0.2, 0) is 5.54 Å². The number of rotatable bonds is 3. The standard InChI is InChI=1S/C13H14N4OS/c1-3-13(2,14)12-16-11(17-18-12)8-6-10-9(15-7-8)4-5-19-10/h4-7H,3,14H2,1-2H3. The highest BCUT2D eigenvalue weighted by Gasteiger charge is 2.26. The van der Waals surface area contributed by atoms with Crippen molar-refractivity contribution in [3.63, 3.8) is 0 Å². The first-order valence-corrected chi connectivity index (χ1v) is 6.95. The molecule has 0 bridgehead atoms. The Morgan fingerprint density at radius 2 is 2.32 bits per heavy atom. The van der Waals surface area contributed by atoms with Gasteiger partial charge in [-0.1, -0.05) is 12.1 Å². The second-order valence-corrected chi connectivity index (χ2v) is 5.67. The van der Waals surface area contributed by atoms with Crippen molar-refractivity contribution in [2.75, 3.05) is 0 Å². The molecule has 0 aromatic carbocycles. The zero-order chi connectivity index (χ0) is 13.5. The van der Waals surface area contributed by atoms with E-state index in [2.05, 4.69) is 15.1 Å². The molecule has 0 fully saturated rings. The third kappa shape index (κ3) is 2.13. The number of fused-ring (bicyclic) bond motifs is 1. The van der Waals surface area contributed by atoms with E-state index in [1.807, 2.05) is 31.4 Å². The Bertz CT molecular complexity index is 716. The molecule has 3 rings (SSSR count). The summed E-state index contributed by atoms with van der Waals surface area (Å²) in [5, 5.41) is 6.00. The normalized spacial score (nSPS) is 14.7. The van der Waals surface area contributed by atoms with Crippen LogP contribution in [0.3, 0.4) is 0 Å². The van der Waals surface area contributed by atoms with Crippen LogP contribution < -0.4 is 5.73 Å². The molecule has 5 nitrogen and oxygen atoms in total. The monoisotopic (exact) mass is 274 g/mol. The van der Waals surface area contributed by atoms with Crippen molar-refractivity contribution in [3.8, 4) is 11.4 Å². The smallest absolute Gasteiger partial charge is 0.246 e. The van der Waals surface area contributed by atoms with Crippen LogP contribution in [0.2, 0.25) is 0 Å². The number of thiophene rings is 1. The number of nitrogens with two attached hydrogens (primary N) is 1. The predicted octanol–water partition coefficient (Wildman–Crippen LogP) is 2.93. The molecule has 2 N–H and O–H groups in total. The molecule has 19 heavy (non-hydrogen) atoms. The molecule has 6 heteroatoms. The lowest BCUT2D eigenvalue weighted by molar-refractivity contribution is 0.291. The van der Waals surface area contributed by atoms with Crippen LogP contribution in [-0.4, -0.2) is 15.1 Å². The molecule has 0 saturated carbocycles. The van der Waals surface area contributed by atoms with Crippen molar-refractivity contribution in [2.24, 2.45) is 5.73 Å². The molecule has 0 aliphatic carbocycles. The van der Waals surface area contributed by atoms with Crippen LogP contribution in [0.5, 0.6) is 0 Å². The van der Waals surface area contributed by atoms with Crippen molar-refractivity contribution in [1.82, 2.24) is 15.1 Å². The molecule has 0 aliphatic rings. The molecular formula is C13H14N4OS. The third-order valence-electron chi connectivity index (χ3n) is 3.21. The lowest BCUT2D eigenvalue weighted by Crippen LogP contribution is -2.32. The molecule has 0 spiro atoms. The minimum atomic E-state index is -0.592. The summed E-state index contributed by atoms with van der Waals surface area (Å²) in [4.78, 5) is 8.74. The van der Waals surface area contributed by atoms with Gasteiger partial charge in [-0.05, 0) is 30.9 Å². The summed E-state index contributed by atoms with van der Waals surface area (Å²) in [6.45, 7) is 3.87. The largest absolute Gasteiger partial charge is 0.337 e. The van der Waals surface area contributed by atoms with E-state index in [0.717, 1.165) is 22.2 Å². The van der Waals surface area contributed by atoms with Crippen molar-refractivity contribution < 1.29 is 4.52 Å².